The molecule has 2 aromatic rings. The summed E-state index contributed by atoms with van der Waals surface area (Å²) in [7, 11) is 0. The molecule has 0 aliphatic carbocycles. The Morgan fingerprint density at radius 3 is 2.84 bits per heavy atom. The standard InChI is InChI=1S/C14H15FN2O2/c1-9(18)17-6-4-10(5-7-17)14-12-3-2-11(15)8-13(12)19-16-14/h2-3,8,10H,4-7H2,1H3. The number of benzene rings is 1. The van der Waals surface area contributed by atoms with E-state index in [4.69, 9.17) is 4.52 Å². The average Bonchev–Trinajstić information content (AvgIpc) is 2.81. The molecule has 0 atom stereocenters. The van der Waals surface area contributed by atoms with E-state index in [1.54, 1.807) is 13.0 Å². The lowest BCUT2D eigenvalue weighted by Gasteiger charge is -2.30. The number of aromatic nitrogens is 1. The maximum absolute atomic E-state index is 13.1. The van der Waals surface area contributed by atoms with E-state index in [1.165, 1.54) is 12.1 Å². The van der Waals surface area contributed by atoms with Gasteiger partial charge in [-0.2, -0.15) is 0 Å². The predicted molar refractivity (Wildman–Crippen MR) is 68.2 cm³/mol. The molecule has 0 N–H and O–H groups in total. The molecule has 1 fully saturated rings. The molecule has 1 aromatic heterocycles. The summed E-state index contributed by atoms with van der Waals surface area (Å²) in [6.45, 7) is 3.08. The summed E-state index contributed by atoms with van der Waals surface area (Å²) < 4.78 is 18.3. The van der Waals surface area contributed by atoms with Gasteiger partial charge in [0.05, 0.1) is 5.69 Å². The number of carbonyl (C=O) groups is 1. The van der Waals surface area contributed by atoms with Crippen molar-refractivity contribution >= 4 is 16.9 Å². The van der Waals surface area contributed by atoms with Gasteiger partial charge in [0, 0.05) is 37.4 Å². The third-order valence-corrected chi connectivity index (χ3v) is 3.79. The van der Waals surface area contributed by atoms with E-state index in [0.717, 1.165) is 37.0 Å². The highest BCUT2D eigenvalue weighted by atomic mass is 19.1. The molecule has 1 aliphatic heterocycles. The molecule has 5 heteroatoms. The van der Waals surface area contributed by atoms with E-state index >= 15 is 0 Å². The van der Waals surface area contributed by atoms with Gasteiger partial charge in [-0.25, -0.2) is 4.39 Å². The molecule has 4 nitrogen and oxygen atoms in total. The summed E-state index contributed by atoms with van der Waals surface area (Å²) in [5, 5.41) is 4.96. The first-order chi connectivity index (χ1) is 9.15. The van der Waals surface area contributed by atoms with Crippen molar-refractivity contribution in [3.63, 3.8) is 0 Å². The summed E-state index contributed by atoms with van der Waals surface area (Å²) in [6.07, 6.45) is 1.75. The van der Waals surface area contributed by atoms with Crippen molar-refractivity contribution in [2.45, 2.75) is 25.7 Å². The highest BCUT2D eigenvalue weighted by Gasteiger charge is 2.25. The summed E-state index contributed by atoms with van der Waals surface area (Å²) in [5.74, 6) is 0.0782. The van der Waals surface area contributed by atoms with Gasteiger partial charge in [-0.1, -0.05) is 5.16 Å². The maximum Gasteiger partial charge on any atom is 0.219 e. The van der Waals surface area contributed by atoms with Crippen LogP contribution in [0.25, 0.3) is 11.0 Å². The van der Waals surface area contributed by atoms with Crippen molar-refractivity contribution in [1.82, 2.24) is 10.1 Å². The first-order valence-electron chi connectivity index (χ1n) is 6.45. The van der Waals surface area contributed by atoms with Crippen LogP contribution < -0.4 is 0 Å². The maximum atomic E-state index is 13.1. The second kappa shape index (κ2) is 4.64. The Morgan fingerprint density at radius 2 is 2.16 bits per heavy atom. The van der Waals surface area contributed by atoms with Crippen LogP contribution in [0.1, 0.15) is 31.4 Å². The monoisotopic (exact) mass is 262 g/mol. The molecule has 100 valence electrons. The number of fused-ring (bicyclic) bond motifs is 1. The normalized spacial score (nSPS) is 17.1. The number of rotatable bonds is 1. The third kappa shape index (κ3) is 2.20. The Kier molecular flexibility index (Phi) is 2.97. The molecule has 0 spiro atoms. The Balaban J connectivity index is 1.84. The van der Waals surface area contributed by atoms with Gasteiger partial charge < -0.3 is 9.42 Å². The minimum Gasteiger partial charge on any atom is -0.356 e. The number of carbonyl (C=O) groups excluding carboxylic acids is 1. The van der Waals surface area contributed by atoms with Crippen molar-refractivity contribution in [2.75, 3.05) is 13.1 Å². The van der Waals surface area contributed by atoms with E-state index < -0.39 is 0 Å². The zero-order valence-corrected chi connectivity index (χ0v) is 10.7. The number of nitrogens with zero attached hydrogens (tertiary/aromatic N) is 2. The molecule has 1 saturated heterocycles. The van der Waals surface area contributed by atoms with Crippen LogP contribution in [0.5, 0.6) is 0 Å². The molecule has 1 aliphatic rings. The highest BCUT2D eigenvalue weighted by molar-refractivity contribution is 5.80. The van der Waals surface area contributed by atoms with Crippen LogP contribution in [-0.4, -0.2) is 29.1 Å². The summed E-state index contributed by atoms with van der Waals surface area (Å²) in [6, 6.07) is 4.50. The van der Waals surface area contributed by atoms with Crippen LogP contribution in [-0.2, 0) is 4.79 Å². The van der Waals surface area contributed by atoms with Crippen molar-refractivity contribution < 1.29 is 13.7 Å². The zero-order chi connectivity index (χ0) is 13.4. The minimum atomic E-state index is -0.318. The smallest absolute Gasteiger partial charge is 0.219 e. The molecular weight excluding hydrogens is 247 g/mol. The fourth-order valence-electron chi connectivity index (χ4n) is 2.69. The average molecular weight is 262 g/mol. The number of piperidine rings is 1. The second-order valence-corrected chi connectivity index (χ2v) is 4.99. The molecule has 0 unspecified atom stereocenters. The largest absolute Gasteiger partial charge is 0.356 e. The van der Waals surface area contributed by atoms with Gasteiger partial charge in [-0.15, -0.1) is 0 Å². The summed E-state index contributed by atoms with van der Waals surface area (Å²) in [4.78, 5) is 13.1. The molecule has 3 rings (SSSR count). The van der Waals surface area contributed by atoms with Crippen molar-refractivity contribution in [2.24, 2.45) is 0 Å². The lowest BCUT2D eigenvalue weighted by molar-refractivity contribution is -0.129. The zero-order valence-electron chi connectivity index (χ0n) is 10.7. The molecule has 0 bridgehead atoms. The number of hydrogen-bond donors (Lipinski definition) is 0. The molecule has 19 heavy (non-hydrogen) atoms. The van der Waals surface area contributed by atoms with Gasteiger partial charge in [0.1, 0.15) is 5.82 Å². The first kappa shape index (κ1) is 12.1. The van der Waals surface area contributed by atoms with Gasteiger partial charge >= 0.3 is 0 Å². The molecule has 0 saturated carbocycles. The molecule has 2 heterocycles. The van der Waals surface area contributed by atoms with Crippen LogP contribution in [0.4, 0.5) is 4.39 Å². The quantitative estimate of drug-likeness (QED) is 0.793. The fraction of sp³-hybridized carbons (Fsp3) is 0.429. The lowest BCUT2D eigenvalue weighted by atomic mass is 9.91. The van der Waals surface area contributed by atoms with Gasteiger partial charge in [0.15, 0.2) is 5.58 Å². The summed E-state index contributed by atoms with van der Waals surface area (Å²) >= 11 is 0. The van der Waals surface area contributed by atoms with Crippen molar-refractivity contribution in [1.29, 1.82) is 0 Å². The van der Waals surface area contributed by atoms with Crippen LogP contribution in [0.2, 0.25) is 0 Å². The first-order valence-corrected chi connectivity index (χ1v) is 6.45. The molecule has 1 amide bonds. The van der Waals surface area contributed by atoms with E-state index in [-0.39, 0.29) is 17.6 Å². The van der Waals surface area contributed by atoms with Gasteiger partial charge in [0.2, 0.25) is 5.91 Å². The van der Waals surface area contributed by atoms with Crippen molar-refractivity contribution in [3.05, 3.63) is 29.7 Å². The van der Waals surface area contributed by atoms with E-state index in [9.17, 15) is 9.18 Å². The molecular formula is C14H15FN2O2. The Morgan fingerprint density at radius 1 is 1.42 bits per heavy atom. The van der Waals surface area contributed by atoms with E-state index in [1.807, 2.05) is 4.90 Å². The Hall–Kier alpha value is -1.91. The van der Waals surface area contributed by atoms with Crippen LogP contribution >= 0.6 is 0 Å². The lowest BCUT2D eigenvalue weighted by Crippen LogP contribution is -2.36. The fourth-order valence-corrected chi connectivity index (χ4v) is 2.69. The van der Waals surface area contributed by atoms with E-state index in [2.05, 4.69) is 5.16 Å². The SMILES string of the molecule is CC(=O)N1CCC(c2noc3cc(F)ccc23)CC1. The third-order valence-electron chi connectivity index (χ3n) is 3.79. The molecule has 0 radical (unpaired) electrons. The number of amides is 1. The second-order valence-electron chi connectivity index (χ2n) is 4.99. The summed E-state index contributed by atoms with van der Waals surface area (Å²) in [5.41, 5.74) is 1.38. The van der Waals surface area contributed by atoms with Crippen LogP contribution in [0, 0.1) is 5.82 Å². The number of hydrogen-bond acceptors (Lipinski definition) is 3. The Labute approximate surface area is 110 Å². The molecule has 1 aromatic carbocycles. The predicted octanol–water partition coefficient (Wildman–Crippen LogP) is 2.69. The highest BCUT2D eigenvalue weighted by Crippen LogP contribution is 2.32. The van der Waals surface area contributed by atoms with Gasteiger partial charge in [0.25, 0.3) is 0 Å². The van der Waals surface area contributed by atoms with Crippen LogP contribution in [0.3, 0.4) is 0 Å². The van der Waals surface area contributed by atoms with Crippen LogP contribution in [0.15, 0.2) is 22.7 Å². The van der Waals surface area contributed by atoms with Crippen molar-refractivity contribution in [3.8, 4) is 0 Å². The van der Waals surface area contributed by atoms with Gasteiger partial charge in [-0.05, 0) is 25.0 Å². The Bertz CT molecular complexity index is 615. The topological polar surface area (TPSA) is 46.3 Å². The minimum absolute atomic E-state index is 0.116. The van der Waals surface area contributed by atoms with Gasteiger partial charge in [-0.3, -0.25) is 4.79 Å². The number of likely N-dealkylation sites (tertiary alicyclic amines) is 1. The van der Waals surface area contributed by atoms with E-state index in [0.29, 0.717) is 5.58 Å². The number of halogens is 1.